The number of rotatable bonds is 5. The minimum absolute atomic E-state index is 0.0128. The van der Waals surface area contributed by atoms with Crippen LogP contribution in [-0.2, 0) is 11.2 Å². The van der Waals surface area contributed by atoms with Crippen LogP contribution >= 0.6 is 0 Å². The van der Waals surface area contributed by atoms with Crippen LogP contribution < -0.4 is 11.4 Å². The molecule has 0 aliphatic carbocycles. The Morgan fingerprint density at radius 2 is 2.23 bits per heavy atom. The molecule has 1 aliphatic heterocycles. The van der Waals surface area contributed by atoms with Gasteiger partial charge in [-0.25, -0.2) is 4.79 Å². The van der Waals surface area contributed by atoms with Gasteiger partial charge < -0.3 is 25.8 Å². The minimum atomic E-state index is -1.40. The van der Waals surface area contributed by atoms with Crippen LogP contribution in [0.1, 0.15) is 11.8 Å². The number of nitrogen functional groups attached to an aromatic ring is 1. The van der Waals surface area contributed by atoms with E-state index in [2.05, 4.69) is 15.0 Å². The first-order valence-corrected chi connectivity index (χ1v) is 6.50. The molecule has 2 heterocycles. The quantitative estimate of drug-likeness (QED) is 0.283. The van der Waals surface area contributed by atoms with E-state index in [1.165, 1.54) is 6.20 Å². The molecule has 2 rings (SSSR count). The van der Waals surface area contributed by atoms with Crippen LogP contribution in [0.25, 0.3) is 10.4 Å². The molecule has 0 spiro atoms. The van der Waals surface area contributed by atoms with Crippen LogP contribution in [0, 0.1) is 0 Å². The number of aliphatic hydroxyl groups is 3. The van der Waals surface area contributed by atoms with Crippen molar-refractivity contribution in [3.8, 4) is 0 Å². The number of aromatic nitrogens is 2. The molecule has 11 nitrogen and oxygen atoms in total. The molecule has 11 heteroatoms. The Hall–Kier alpha value is -2.17. The SMILES string of the molecule is [N-]=[N+]=NCCc1cn([C@@H]2O[C@H](CO)[C@@H](O)[C@H]2O)c(=O)nc1N. The smallest absolute Gasteiger partial charge is 0.351 e. The molecule has 120 valence electrons. The van der Waals surface area contributed by atoms with Gasteiger partial charge in [-0.3, -0.25) is 4.57 Å². The lowest BCUT2D eigenvalue weighted by atomic mass is 10.1. The van der Waals surface area contributed by atoms with E-state index >= 15 is 0 Å². The lowest BCUT2D eigenvalue weighted by Gasteiger charge is -2.18. The zero-order chi connectivity index (χ0) is 16.3. The number of hydrogen-bond donors (Lipinski definition) is 4. The van der Waals surface area contributed by atoms with Gasteiger partial charge in [-0.15, -0.1) is 0 Å². The van der Waals surface area contributed by atoms with Gasteiger partial charge in [-0.05, 0) is 12.0 Å². The number of azide groups is 1. The summed E-state index contributed by atoms with van der Waals surface area (Å²) in [6.07, 6.45) is -3.34. The minimum Gasteiger partial charge on any atom is -0.394 e. The lowest BCUT2D eigenvalue weighted by Crippen LogP contribution is -2.36. The maximum Gasteiger partial charge on any atom is 0.351 e. The third-order valence-corrected chi connectivity index (χ3v) is 3.40. The molecule has 1 aromatic heterocycles. The maximum atomic E-state index is 11.9. The van der Waals surface area contributed by atoms with E-state index < -0.39 is 36.8 Å². The van der Waals surface area contributed by atoms with Gasteiger partial charge in [-0.2, -0.15) is 4.98 Å². The summed E-state index contributed by atoms with van der Waals surface area (Å²) in [5.74, 6) is -0.0128. The fraction of sp³-hybridized carbons (Fsp3) is 0.636. The van der Waals surface area contributed by atoms with Crippen molar-refractivity contribution in [2.24, 2.45) is 5.11 Å². The molecular weight excluding hydrogens is 296 g/mol. The Balaban J connectivity index is 2.32. The fourth-order valence-electron chi connectivity index (χ4n) is 2.22. The second-order valence-corrected chi connectivity index (χ2v) is 4.77. The summed E-state index contributed by atoms with van der Waals surface area (Å²) in [6, 6.07) is 0. The Bertz CT molecular complexity index is 642. The van der Waals surface area contributed by atoms with Gasteiger partial charge in [0, 0.05) is 23.2 Å². The summed E-state index contributed by atoms with van der Waals surface area (Å²) in [7, 11) is 0. The van der Waals surface area contributed by atoms with Crippen molar-refractivity contribution in [1.82, 2.24) is 9.55 Å². The van der Waals surface area contributed by atoms with Crippen LogP contribution in [-0.4, -0.2) is 56.3 Å². The normalized spacial score (nSPS) is 27.6. The van der Waals surface area contributed by atoms with Crippen molar-refractivity contribution in [2.45, 2.75) is 31.0 Å². The molecule has 0 aromatic carbocycles. The van der Waals surface area contributed by atoms with E-state index in [0.29, 0.717) is 5.56 Å². The number of nitrogens with two attached hydrogens (primary N) is 1. The largest absolute Gasteiger partial charge is 0.394 e. The highest BCUT2D eigenvalue weighted by Crippen LogP contribution is 2.28. The van der Waals surface area contributed by atoms with Gasteiger partial charge in [0.1, 0.15) is 24.1 Å². The average Bonchev–Trinajstić information content (AvgIpc) is 2.77. The Morgan fingerprint density at radius 1 is 1.50 bits per heavy atom. The third kappa shape index (κ3) is 3.03. The molecule has 1 aromatic rings. The first kappa shape index (κ1) is 16.2. The van der Waals surface area contributed by atoms with Crippen LogP contribution in [0.3, 0.4) is 0 Å². The summed E-state index contributed by atoms with van der Waals surface area (Å²) in [4.78, 5) is 18.1. The number of anilines is 1. The molecule has 0 saturated carbocycles. The highest BCUT2D eigenvalue weighted by molar-refractivity contribution is 5.37. The summed E-state index contributed by atoms with van der Waals surface area (Å²) >= 11 is 0. The molecule has 4 atom stereocenters. The predicted molar refractivity (Wildman–Crippen MR) is 73.6 cm³/mol. The summed E-state index contributed by atoms with van der Waals surface area (Å²) in [6.45, 7) is -0.383. The van der Waals surface area contributed by atoms with Crippen molar-refractivity contribution in [1.29, 1.82) is 0 Å². The number of nitrogens with zero attached hydrogens (tertiary/aromatic N) is 5. The fourth-order valence-corrected chi connectivity index (χ4v) is 2.22. The Kier molecular flexibility index (Phi) is 4.96. The van der Waals surface area contributed by atoms with Gasteiger partial charge in [0.2, 0.25) is 0 Å². The van der Waals surface area contributed by atoms with Crippen molar-refractivity contribution in [3.63, 3.8) is 0 Å². The topological polar surface area (TPSA) is 180 Å². The molecule has 0 radical (unpaired) electrons. The third-order valence-electron chi connectivity index (χ3n) is 3.40. The molecule has 22 heavy (non-hydrogen) atoms. The molecule has 0 amide bonds. The van der Waals surface area contributed by atoms with Gasteiger partial charge in [0.05, 0.1) is 6.61 Å². The second kappa shape index (κ2) is 6.73. The zero-order valence-electron chi connectivity index (χ0n) is 11.5. The van der Waals surface area contributed by atoms with E-state index in [9.17, 15) is 15.0 Å². The zero-order valence-corrected chi connectivity index (χ0v) is 11.5. The van der Waals surface area contributed by atoms with Crippen molar-refractivity contribution in [3.05, 3.63) is 32.7 Å². The van der Waals surface area contributed by atoms with Gasteiger partial charge >= 0.3 is 5.69 Å². The first-order chi connectivity index (χ1) is 10.5. The molecule has 0 unspecified atom stereocenters. The summed E-state index contributed by atoms with van der Waals surface area (Å²) in [5, 5.41) is 32.1. The van der Waals surface area contributed by atoms with E-state index in [4.69, 9.17) is 21.1 Å². The molecule has 5 N–H and O–H groups in total. The average molecular weight is 312 g/mol. The number of aliphatic hydroxyl groups excluding tert-OH is 3. The Labute approximate surface area is 124 Å². The van der Waals surface area contributed by atoms with E-state index in [-0.39, 0.29) is 18.8 Å². The molecule has 1 saturated heterocycles. The van der Waals surface area contributed by atoms with Crippen molar-refractivity contribution in [2.75, 3.05) is 18.9 Å². The molecule has 0 bridgehead atoms. The van der Waals surface area contributed by atoms with Crippen molar-refractivity contribution < 1.29 is 20.1 Å². The number of ether oxygens (including phenoxy) is 1. The standard InChI is InChI=1S/C11H16N6O5/c12-9-5(1-2-14-16-13)3-17(11(21)15-9)10-8(20)7(19)6(4-18)22-10/h3,6-8,10,18-20H,1-2,4H2,(H2,12,15,21)/t6-,7-,8-,10-/m1/s1. The first-order valence-electron chi connectivity index (χ1n) is 6.50. The van der Waals surface area contributed by atoms with Crippen LogP contribution in [0.4, 0.5) is 5.82 Å². The molecule has 1 aliphatic rings. The molecule has 1 fully saturated rings. The Morgan fingerprint density at radius 3 is 2.82 bits per heavy atom. The van der Waals surface area contributed by atoms with Crippen LogP contribution in [0.5, 0.6) is 0 Å². The van der Waals surface area contributed by atoms with E-state index in [1.54, 1.807) is 0 Å². The van der Waals surface area contributed by atoms with E-state index in [0.717, 1.165) is 4.57 Å². The maximum absolute atomic E-state index is 11.9. The second-order valence-electron chi connectivity index (χ2n) is 4.77. The highest BCUT2D eigenvalue weighted by Gasteiger charge is 2.43. The van der Waals surface area contributed by atoms with Crippen LogP contribution in [0.2, 0.25) is 0 Å². The van der Waals surface area contributed by atoms with Crippen molar-refractivity contribution >= 4 is 5.82 Å². The predicted octanol–water partition coefficient (Wildman–Crippen LogP) is -1.71. The number of hydrogen-bond acceptors (Lipinski definition) is 8. The van der Waals surface area contributed by atoms with E-state index in [1.807, 2.05) is 0 Å². The van der Waals surface area contributed by atoms with Gasteiger partial charge in [0.25, 0.3) is 0 Å². The van der Waals surface area contributed by atoms with Crippen LogP contribution in [0.15, 0.2) is 16.1 Å². The summed E-state index contributed by atoms with van der Waals surface area (Å²) in [5.41, 5.74) is 13.6. The molecular formula is C11H16N6O5. The lowest BCUT2D eigenvalue weighted by molar-refractivity contribution is -0.0550. The van der Waals surface area contributed by atoms with Gasteiger partial charge in [-0.1, -0.05) is 5.11 Å². The monoisotopic (exact) mass is 312 g/mol. The highest BCUT2D eigenvalue weighted by atomic mass is 16.6. The summed E-state index contributed by atoms with van der Waals surface area (Å²) < 4.78 is 6.26. The van der Waals surface area contributed by atoms with Gasteiger partial charge in [0.15, 0.2) is 6.23 Å².